The lowest BCUT2D eigenvalue weighted by Crippen LogP contribution is -2.49. The smallest absolute Gasteiger partial charge is 0.120 e. The molecule has 2 aliphatic carbocycles. The van der Waals surface area contributed by atoms with E-state index in [-0.39, 0.29) is 11.6 Å². The summed E-state index contributed by atoms with van der Waals surface area (Å²) in [5.41, 5.74) is 3.94. The van der Waals surface area contributed by atoms with Crippen LogP contribution in [0.5, 0.6) is 5.75 Å². The number of ether oxygens (including phenoxy) is 2. The molecule has 0 saturated heterocycles. The average Bonchev–Trinajstić information content (AvgIpc) is 3.33. The van der Waals surface area contributed by atoms with Crippen molar-refractivity contribution in [3.05, 3.63) is 29.8 Å². The number of nitrogens with two attached hydrogens (primary N) is 1. The third-order valence-corrected chi connectivity index (χ3v) is 4.82. The second-order valence-corrected chi connectivity index (χ2v) is 6.32. The summed E-state index contributed by atoms with van der Waals surface area (Å²) in [6.45, 7) is 0. The molecule has 2 saturated carbocycles. The molecule has 4 heteroatoms. The molecule has 4 nitrogen and oxygen atoms in total. The number of benzene rings is 1. The van der Waals surface area contributed by atoms with E-state index in [1.165, 1.54) is 32.1 Å². The SMILES string of the molecule is COC1(C(NN)c2cccc(OC3CC3)c2)CCCCC1. The Balaban J connectivity index is 1.83. The maximum absolute atomic E-state index is 5.94. The Morgan fingerprint density at radius 3 is 2.62 bits per heavy atom. The third kappa shape index (κ3) is 3.23. The van der Waals surface area contributed by atoms with Gasteiger partial charge in [0.2, 0.25) is 0 Å². The fourth-order valence-corrected chi connectivity index (χ4v) is 3.46. The van der Waals surface area contributed by atoms with Crippen LogP contribution in [0.2, 0.25) is 0 Å². The molecule has 2 aliphatic rings. The Kier molecular flexibility index (Phi) is 4.48. The van der Waals surface area contributed by atoms with E-state index >= 15 is 0 Å². The van der Waals surface area contributed by atoms with Gasteiger partial charge in [0.15, 0.2) is 0 Å². The first-order valence-electron chi connectivity index (χ1n) is 8.05. The maximum atomic E-state index is 5.94. The zero-order chi connectivity index (χ0) is 14.7. The van der Waals surface area contributed by atoms with Crippen molar-refractivity contribution < 1.29 is 9.47 Å². The van der Waals surface area contributed by atoms with Gasteiger partial charge in [-0.25, -0.2) is 0 Å². The first-order valence-corrected chi connectivity index (χ1v) is 8.05. The highest BCUT2D eigenvalue weighted by molar-refractivity contribution is 5.32. The van der Waals surface area contributed by atoms with Crippen molar-refractivity contribution in [3.8, 4) is 5.75 Å². The lowest BCUT2D eigenvalue weighted by molar-refractivity contribution is -0.0689. The van der Waals surface area contributed by atoms with Crippen LogP contribution in [0.15, 0.2) is 24.3 Å². The molecular weight excluding hydrogens is 264 g/mol. The minimum absolute atomic E-state index is 0.00514. The van der Waals surface area contributed by atoms with E-state index in [2.05, 4.69) is 17.6 Å². The van der Waals surface area contributed by atoms with Crippen LogP contribution in [0.3, 0.4) is 0 Å². The van der Waals surface area contributed by atoms with Crippen molar-refractivity contribution in [1.29, 1.82) is 0 Å². The van der Waals surface area contributed by atoms with Crippen LogP contribution in [-0.2, 0) is 4.74 Å². The summed E-state index contributed by atoms with van der Waals surface area (Å²) < 4.78 is 11.8. The summed E-state index contributed by atoms with van der Waals surface area (Å²) in [7, 11) is 1.81. The van der Waals surface area contributed by atoms with Gasteiger partial charge in [-0.3, -0.25) is 11.3 Å². The fourth-order valence-electron chi connectivity index (χ4n) is 3.46. The Bertz CT molecular complexity index is 468. The van der Waals surface area contributed by atoms with Gasteiger partial charge >= 0.3 is 0 Å². The molecule has 1 aromatic carbocycles. The highest BCUT2D eigenvalue weighted by Crippen LogP contribution is 2.41. The normalized spacial score (nSPS) is 22.8. The monoisotopic (exact) mass is 290 g/mol. The van der Waals surface area contributed by atoms with E-state index in [1.54, 1.807) is 7.11 Å². The van der Waals surface area contributed by atoms with Gasteiger partial charge in [0.05, 0.1) is 17.7 Å². The molecule has 0 spiro atoms. The van der Waals surface area contributed by atoms with Crippen molar-refractivity contribution in [2.45, 2.75) is 62.7 Å². The maximum Gasteiger partial charge on any atom is 0.120 e. The van der Waals surface area contributed by atoms with Gasteiger partial charge in [0.1, 0.15) is 5.75 Å². The molecule has 116 valence electrons. The summed E-state index contributed by atoms with van der Waals surface area (Å²) in [6.07, 6.45) is 8.53. The molecular formula is C17H26N2O2. The molecule has 1 aromatic rings. The van der Waals surface area contributed by atoms with Gasteiger partial charge in [-0.15, -0.1) is 0 Å². The van der Waals surface area contributed by atoms with Crippen LogP contribution >= 0.6 is 0 Å². The van der Waals surface area contributed by atoms with Crippen LogP contribution < -0.4 is 16.0 Å². The van der Waals surface area contributed by atoms with Crippen molar-refractivity contribution in [3.63, 3.8) is 0 Å². The standard InChI is InChI=1S/C17H26N2O2/c1-20-17(10-3-2-4-11-17)16(19-18)13-6-5-7-15(12-13)21-14-8-9-14/h5-7,12,14,16,19H,2-4,8-11,18H2,1H3. The van der Waals surface area contributed by atoms with Crippen molar-refractivity contribution in [1.82, 2.24) is 5.43 Å². The van der Waals surface area contributed by atoms with E-state index in [1.807, 2.05) is 12.1 Å². The van der Waals surface area contributed by atoms with Crippen LogP contribution in [0.4, 0.5) is 0 Å². The summed E-state index contributed by atoms with van der Waals surface area (Å²) in [5.74, 6) is 6.83. The second kappa shape index (κ2) is 6.34. The summed E-state index contributed by atoms with van der Waals surface area (Å²) in [5, 5.41) is 0. The lowest BCUT2D eigenvalue weighted by atomic mass is 9.77. The van der Waals surface area contributed by atoms with Gasteiger partial charge < -0.3 is 9.47 Å². The van der Waals surface area contributed by atoms with Gasteiger partial charge in [0, 0.05) is 7.11 Å². The molecule has 1 atom stereocenters. The Morgan fingerprint density at radius 2 is 2.00 bits per heavy atom. The molecule has 2 fully saturated rings. The topological polar surface area (TPSA) is 56.5 Å². The number of hydrogen-bond donors (Lipinski definition) is 2. The molecule has 3 N–H and O–H groups in total. The first-order chi connectivity index (χ1) is 10.3. The van der Waals surface area contributed by atoms with Crippen LogP contribution in [0.1, 0.15) is 56.6 Å². The predicted molar refractivity (Wildman–Crippen MR) is 83.0 cm³/mol. The summed E-state index contributed by atoms with van der Waals surface area (Å²) >= 11 is 0. The summed E-state index contributed by atoms with van der Waals surface area (Å²) in [6, 6.07) is 8.29. The van der Waals surface area contributed by atoms with Gasteiger partial charge in [-0.1, -0.05) is 31.4 Å². The third-order valence-electron chi connectivity index (χ3n) is 4.82. The Labute approximate surface area is 127 Å². The lowest BCUT2D eigenvalue weighted by Gasteiger charge is -2.42. The van der Waals surface area contributed by atoms with E-state index in [4.69, 9.17) is 15.3 Å². The number of hydrogen-bond acceptors (Lipinski definition) is 4. The Hall–Kier alpha value is -1.10. The van der Waals surface area contributed by atoms with Gasteiger partial charge in [-0.2, -0.15) is 0 Å². The van der Waals surface area contributed by atoms with Gasteiger partial charge in [0.25, 0.3) is 0 Å². The predicted octanol–water partition coefficient (Wildman–Crippen LogP) is 3.08. The highest BCUT2D eigenvalue weighted by atomic mass is 16.5. The van der Waals surface area contributed by atoms with E-state index in [0.717, 1.165) is 24.2 Å². The van der Waals surface area contributed by atoms with Crippen molar-refractivity contribution in [2.75, 3.05) is 7.11 Å². The number of methoxy groups -OCH3 is 1. The quantitative estimate of drug-likeness (QED) is 0.624. The van der Waals surface area contributed by atoms with Crippen LogP contribution in [-0.4, -0.2) is 18.8 Å². The van der Waals surface area contributed by atoms with Gasteiger partial charge in [-0.05, 0) is 43.4 Å². The minimum atomic E-state index is -0.203. The molecule has 1 unspecified atom stereocenters. The molecule has 0 aliphatic heterocycles. The number of hydrazine groups is 1. The molecule has 0 aromatic heterocycles. The number of rotatable bonds is 6. The van der Waals surface area contributed by atoms with Crippen molar-refractivity contribution >= 4 is 0 Å². The molecule has 3 rings (SSSR count). The summed E-state index contributed by atoms with van der Waals surface area (Å²) in [4.78, 5) is 0. The second-order valence-electron chi connectivity index (χ2n) is 6.32. The molecule has 0 amide bonds. The molecule has 0 heterocycles. The molecule has 0 bridgehead atoms. The Morgan fingerprint density at radius 1 is 1.24 bits per heavy atom. The molecule has 0 radical (unpaired) electrons. The van der Waals surface area contributed by atoms with Crippen LogP contribution in [0, 0.1) is 0 Å². The van der Waals surface area contributed by atoms with E-state index < -0.39 is 0 Å². The zero-order valence-electron chi connectivity index (χ0n) is 12.8. The zero-order valence-corrected chi connectivity index (χ0v) is 12.8. The van der Waals surface area contributed by atoms with Crippen molar-refractivity contribution in [2.24, 2.45) is 5.84 Å². The first kappa shape index (κ1) is 14.8. The highest BCUT2D eigenvalue weighted by Gasteiger charge is 2.40. The average molecular weight is 290 g/mol. The molecule has 21 heavy (non-hydrogen) atoms. The van der Waals surface area contributed by atoms with E-state index in [0.29, 0.717) is 6.10 Å². The number of nitrogens with one attached hydrogen (secondary N) is 1. The van der Waals surface area contributed by atoms with E-state index in [9.17, 15) is 0 Å². The minimum Gasteiger partial charge on any atom is -0.490 e. The van der Waals surface area contributed by atoms with Crippen LogP contribution in [0.25, 0.3) is 0 Å². The fraction of sp³-hybridized carbons (Fsp3) is 0.647. The largest absolute Gasteiger partial charge is 0.490 e.